The van der Waals surface area contributed by atoms with Gasteiger partial charge in [0.1, 0.15) is 17.6 Å². The van der Waals surface area contributed by atoms with E-state index >= 15 is 0 Å². The van der Waals surface area contributed by atoms with E-state index in [1.165, 1.54) is 6.92 Å². The fourth-order valence-electron chi connectivity index (χ4n) is 6.52. The lowest BCUT2D eigenvalue weighted by molar-refractivity contribution is -0.163. The summed E-state index contributed by atoms with van der Waals surface area (Å²) in [6.45, 7) is 3.09. The van der Waals surface area contributed by atoms with Crippen molar-refractivity contribution in [3.63, 3.8) is 0 Å². The molecule has 5 aromatic rings. The van der Waals surface area contributed by atoms with Gasteiger partial charge in [-0.2, -0.15) is 0 Å². The van der Waals surface area contributed by atoms with E-state index in [2.05, 4.69) is 18.2 Å². The van der Waals surface area contributed by atoms with E-state index in [4.69, 9.17) is 23.5 Å². The fourth-order valence-corrected chi connectivity index (χ4v) is 6.52. The van der Waals surface area contributed by atoms with Crippen molar-refractivity contribution in [3.8, 4) is 11.5 Å². The van der Waals surface area contributed by atoms with Gasteiger partial charge in [-0.1, -0.05) is 66.7 Å². The SMILES string of the molecule is COc1ccc2cc3cc4c(c(OC)c3cc2c1)C[C@@](OB(O)c1ccccc1)([C@H](C)OC(C)=O)C[C@@H]4OB(O)c1ccccc1. The van der Waals surface area contributed by atoms with Crippen LogP contribution in [0.15, 0.2) is 97.1 Å². The van der Waals surface area contributed by atoms with Crippen molar-refractivity contribution < 1.29 is 38.4 Å². The molecule has 0 bridgehead atoms. The summed E-state index contributed by atoms with van der Waals surface area (Å²) in [4.78, 5) is 12.3. The molecule has 10 heteroatoms. The van der Waals surface area contributed by atoms with E-state index < -0.39 is 38.0 Å². The Morgan fingerprint density at radius 2 is 1.50 bits per heavy atom. The van der Waals surface area contributed by atoms with Crippen molar-refractivity contribution in [2.45, 2.75) is 44.5 Å². The first-order valence-electron chi connectivity index (χ1n) is 15.3. The van der Waals surface area contributed by atoms with E-state index in [0.717, 1.165) is 38.4 Å². The molecule has 3 atom stereocenters. The van der Waals surface area contributed by atoms with E-state index in [1.54, 1.807) is 45.4 Å². The van der Waals surface area contributed by atoms with Gasteiger partial charge in [0, 0.05) is 30.7 Å². The van der Waals surface area contributed by atoms with Gasteiger partial charge >= 0.3 is 20.2 Å². The number of fused-ring (bicyclic) bond motifs is 3. The van der Waals surface area contributed by atoms with Gasteiger partial charge < -0.3 is 33.6 Å². The topological polar surface area (TPSA) is 104 Å². The van der Waals surface area contributed by atoms with Crippen LogP contribution >= 0.6 is 0 Å². The Balaban J connectivity index is 1.54. The highest BCUT2D eigenvalue weighted by molar-refractivity contribution is 6.60. The third-order valence-electron chi connectivity index (χ3n) is 8.84. The van der Waals surface area contributed by atoms with Crippen molar-refractivity contribution in [3.05, 3.63) is 108 Å². The Bertz CT molecular complexity index is 1850. The highest BCUT2D eigenvalue weighted by atomic mass is 16.6. The smallest absolute Gasteiger partial charge is 0.491 e. The number of ether oxygens (including phenoxy) is 3. The zero-order chi connectivity index (χ0) is 32.4. The minimum atomic E-state index is -1.33. The molecule has 0 spiro atoms. The monoisotopic (exact) mass is 618 g/mol. The predicted molar refractivity (Wildman–Crippen MR) is 180 cm³/mol. The van der Waals surface area contributed by atoms with Gasteiger partial charge in [0.2, 0.25) is 0 Å². The van der Waals surface area contributed by atoms with Crippen molar-refractivity contribution in [2.24, 2.45) is 0 Å². The van der Waals surface area contributed by atoms with Gasteiger partial charge in [0.15, 0.2) is 0 Å². The molecule has 0 saturated carbocycles. The Kier molecular flexibility index (Phi) is 9.06. The predicted octanol–water partition coefficient (Wildman–Crippen LogP) is 4.50. The summed E-state index contributed by atoms with van der Waals surface area (Å²) in [5.74, 6) is 0.866. The second-order valence-corrected chi connectivity index (χ2v) is 11.7. The molecular weight excluding hydrogens is 582 g/mol. The van der Waals surface area contributed by atoms with Crippen LogP contribution in [-0.4, -0.2) is 56.2 Å². The van der Waals surface area contributed by atoms with Crippen LogP contribution in [0.2, 0.25) is 0 Å². The molecule has 1 aliphatic rings. The van der Waals surface area contributed by atoms with Crippen molar-refractivity contribution in [1.29, 1.82) is 0 Å². The second kappa shape index (κ2) is 13.2. The minimum absolute atomic E-state index is 0.168. The third-order valence-corrected chi connectivity index (χ3v) is 8.84. The molecule has 1 aliphatic carbocycles. The molecule has 5 aromatic carbocycles. The molecule has 0 radical (unpaired) electrons. The van der Waals surface area contributed by atoms with E-state index in [9.17, 15) is 14.8 Å². The van der Waals surface area contributed by atoms with Crippen molar-refractivity contribution in [1.82, 2.24) is 0 Å². The summed E-state index contributed by atoms with van der Waals surface area (Å²) in [7, 11) is 0.661. The maximum atomic E-state index is 12.3. The molecule has 0 fully saturated rings. The summed E-state index contributed by atoms with van der Waals surface area (Å²) in [5.41, 5.74) is 1.46. The first kappa shape index (κ1) is 31.6. The Labute approximate surface area is 269 Å². The average Bonchev–Trinajstić information content (AvgIpc) is 3.06. The largest absolute Gasteiger partial charge is 0.497 e. The van der Waals surface area contributed by atoms with Crippen LogP contribution in [0.5, 0.6) is 11.5 Å². The fraction of sp³-hybridized carbons (Fsp3) is 0.250. The highest BCUT2D eigenvalue weighted by Gasteiger charge is 2.50. The molecular formula is C36H36B2O8. The normalized spacial score (nSPS) is 18.1. The third kappa shape index (κ3) is 6.21. The molecule has 0 unspecified atom stereocenters. The number of rotatable bonds is 10. The summed E-state index contributed by atoms with van der Waals surface area (Å²) in [5, 5.41) is 26.5. The van der Waals surface area contributed by atoms with Crippen LogP contribution < -0.4 is 20.4 Å². The lowest BCUT2D eigenvalue weighted by Crippen LogP contribution is -2.56. The molecule has 8 nitrogen and oxygen atoms in total. The number of methoxy groups -OCH3 is 2. The molecule has 0 saturated heterocycles. The zero-order valence-electron chi connectivity index (χ0n) is 26.3. The number of hydrogen-bond acceptors (Lipinski definition) is 8. The minimum Gasteiger partial charge on any atom is -0.497 e. The van der Waals surface area contributed by atoms with E-state index in [1.807, 2.05) is 54.6 Å². The molecule has 234 valence electrons. The van der Waals surface area contributed by atoms with Gasteiger partial charge in [0.05, 0.1) is 25.9 Å². The van der Waals surface area contributed by atoms with Crippen LogP contribution in [-0.2, 0) is 25.3 Å². The summed E-state index contributed by atoms with van der Waals surface area (Å²) >= 11 is 0. The average molecular weight is 618 g/mol. The summed E-state index contributed by atoms with van der Waals surface area (Å²) in [6.07, 6.45) is -1.14. The summed E-state index contributed by atoms with van der Waals surface area (Å²) < 4.78 is 30.4. The van der Waals surface area contributed by atoms with Crippen LogP contribution in [0.25, 0.3) is 21.5 Å². The van der Waals surface area contributed by atoms with Crippen LogP contribution in [0.1, 0.15) is 37.5 Å². The maximum Gasteiger partial charge on any atom is 0.491 e. The Morgan fingerprint density at radius 3 is 2.13 bits per heavy atom. The van der Waals surface area contributed by atoms with Crippen LogP contribution in [0.3, 0.4) is 0 Å². The standard InChI is InChI=1S/C36H36B2O8/c1-23(44-24(2)39)36(46-38(41)29-13-9-6-10-14-29)21-33-32(34(22-36)45-37(40)28-11-7-5-8-12-28)20-27-17-25-15-16-30(42-3)18-26(25)19-31(27)35(33)43-4/h5-20,23,34,40-41H,21-22H2,1-4H3/t23-,34-,36-/m0/s1. The number of benzene rings is 5. The lowest BCUT2D eigenvalue weighted by atomic mass is 9.70. The number of carbonyl (C=O) groups excluding carboxylic acids is 1. The molecule has 0 aromatic heterocycles. The Hall–Kier alpha value is -4.34. The molecule has 0 amide bonds. The molecule has 6 rings (SSSR count). The lowest BCUT2D eigenvalue weighted by Gasteiger charge is -2.46. The van der Waals surface area contributed by atoms with Crippen LogP contribution in [0, 0.1) is 0 Å². The molecule has 2 N–H and O–H groups in total. The molecule has 0 aliphatic heterocycles. The van der Waals surface area contributed by atoms with Crippen molar-refractivity contribution >= 4 is 52.7 Å². The van der Waals surface area contributed by atoms with Gasteiger partial charge in [0.25, 0.3) is 0 Å². The number of esters is 1. The second-order valence-electron chi connectivity index (χ2n) is 11.7. The van der Waals surface area contributed by atoms with Gasteiger partial charge in [-0.3, -0.25) is 4.79 Å². The molecule has 46 heavy (non-hydrogen) atoms. The van der Waals surface area contributed by atoms with Gasteiger partial charge in [-0.25, -0.2) is 0 Å². The maximum absolute atomic E-state index is 12.3. The highest BCUT2D eigenvalue weighted by Crippen LogP contribution is 2.49. The van der Waals surface area contributed by atoms with E-state index in [-0.39, 0.29) is 12.8 Å². The van der Waals surface area contributed by atoms with Gasteiger partial charge in [-0.05, 0) is 69.9 Å². The number of carbonyl (C=O) groups is 1. The number of hydrogen-bond donors (Lipinski definition) is 2. The molecule has 0 heterocycles. The van der Waals surface area contributed by atoms with E-state index in [0.29, 0.717) is 16.7 Å². The summed E-state index contributed by atoms with van der Waals surface area (Å²) in [6, 6.07) is 30.3. The zero-order valence-corrected chi connectivity index (χ0v) is 26.3. The first-order valence-corrected chi connectivity index (χ1v) is 15.3. The van der Waals surface area contributed by atoms with Gasteiger partial charge in [-0.15, -0.1) is 0 Å². The van der Waals surface area contributed by atoms with Crippen molar-refractivity contribution in [2.75, 3.05) is 14.2 Å². The quantitative estimate of drug-likeness (QED) is 0.134. The first-order chi connectivity index (χ1) is 22.2. The van der Waals surface area contributed by atoms with Crippen LogP contribution in [0.4, 0.5) is 0 Å². The Morgan fingerprint density at radius 1 is 0.826 bits per heavy atom.